The lowest BCUT2D eigenvalue weighted by molar-refractivity contribution is -0.141. The van der Waals surface area contributed by atoms with Crippen LogP contribution in [0.2, 0.25) is 0 Å². The molecule has 6 heteroatoms. The molecule has 1 heterocycles. The Bertz CT molecular complexity index is 1060. The van der Waals surface area contributed by atoms with Gasteiger partial charge in [-0.05, 0) is 72.6 Å². The number of rotatable bonds is 7. The standard InChI is InChI=1S/C28H35FN2O3/c1-5-24(26(32)30-17-18-9-10-18)34-22-12-11-19-13-14-31(27(33)28(2,3)4)25(23(19)16-22)20-7-6-8-21(29)15-20/h6-8,11-12,15-16,18,24-25H,5,9-10,13-14,17H2,1-4H3,(H,30,32)/t24-,25-/m0/s1. The van der Waals surface area contributed by atoms with Gasteiger partial charge in [-0.25, -0.2) is 4.39 Å². The first-order valence-electron chi connectivity index (χ1n) is 12.3. The summed E-state index contributed by atoms with van der Waals surface area (Å²) in [6, 6.07) is 11.8. The van der Waals surface area contributed by atoms with Crippen molar-refractivity contribution in [2.24, 2.45) is 11.3 Å². The second-order valence-electron chi connectivity index (χ2n) is 10.5. The normalized spacial score (nSPS) is 18.7. The van der Waals surface area contributed by atoms with Crippen molar-refractivity contribution >= 4 is 11.8 Å². The second kappa shape index (κ2) is 9.77. The van der Waals surface area contributed by atoms with E-state index in [9.17, 15) is 14.0 Å². The minimum absolute atomic E-state index is 0.0182. The van der Waals surface area contributed by atoms with Crippen molar-refractivity contribution in [3.05, 3.63) is 65.0 Å². The average Bonchev–Trinajstić information content (AvgIpc) is 3.63. The molecule has 182 valence electrons. The van der Waals surface area contributed by atoms with Crippen LogP contribution in [0.25, 0.3) is 0 Å². The number of fused-ring (bicyclic) bond motifs is 1. The molecule has 0 radical (unpaired) electrons. The highest BCUT2D eigenvalue weighted by atomic mass is 19.1. The summed E-state index contributed by atoms with van der Waals surface area (Å²) < 4.78 is 20.3. The summed E-state index contributed by atoms with van der Waals surface area (Å²) in [6.45, 7) is 8.90. The third kappa shape index (κ3) is 5.43. The van der Waals surface area contributed by atoms with Crippen LogP contribution in [0.15, 0.2) is 42.5 Å². The Morgan fingerprint density at radius 2 is 1.94 bits per heavy atom. The molecule has 1 fully saturated rings. The zero-order valence-electron chi connectivity index (χ0n) is 20.6. The molecule has 0 spiro atoms. The van der Waals surface area contributed by atoms with Gasteiger partial charge < -0.3 is 15.0 Å². The van der Waals surface area contributed by atoms with Gasteiger partial charge in [0.25, 0.3) is 5.91 Å². The van der Waals surface area contributed by atoms with Crippen LogP contribution in [0.4, 0.5) is 4.39 Å². The van der Waals surface area contributed by atoms with Gasteiger partial charge in [0.1, 0.15) is 11.6 Å². The highest BCUT2D eigenvalue weighted by molar-refractivity contribution is 5.83. The van der Waals surface area contributed by atoms with Crippen LogP contribution in [-0.2, 0) is 16.0 Å². The zero-order valence-corrected chi connectivity index (χ0v) is 20.6. The predicted octanol–water partition coefficient (Wildman–Crippen LogP) is 5.03. The molecule has 2 aromatic carbocycles. The van der Waals surface area contributed by atoms with E-state index >= 15 is 0 Å². The number of ether oxygens (including phenoxy) is 1. The molecule has 2 amide bonds. The van der Waals surface area contributed by atoms with E-state index in [0.29, 0.717) is 37.6 Å². The van der Waals surface area contributed by atoms with Gasteiger partial charge in [-0.15, -0.1) is 0 Å². The number of hydrogen-bond donors (Lipinski definition) is 1. The SMILES string of the molecule is CC[C@H](Oc1ccc2c(c1)[C@H](c1cccc(F)c1)N(C(=O)C(C)(C)C)CC2)C(=O)NCC1CC1. The highest BCUT2D eigenvalue weighted by Gasteiger charge is 2.37. The number of halogens is 1. The second-order valence-corrected chi connectivity index (χ2v) is 10.5. The maximum atomic E-state index is 14.2. The summed E-state index contributed by atoms with van der Waals surface area (Å²) in [5, 5.41) is 3.00. The Balaban J connectivity index is 1.66. The molecular formula is C28H35FN2O3. The molecule has 1 saturated carbocycles. The molecule has 34 heavy (non-hydrogen) atoms. The summed E-state index contributed by atoms with van der Waals surface area (Å²) in [5.74, 6) is 0.767. The van der Waals surface area contributed by atoms with E-state index < -0.39 is 17.6 Å². The molecule has 4 rings (SSSR count). The molecule has 5 nitrogen and oxygen atoms in total. The van der Waals surface area contributed by atoms with Crippen molar-refractivity contribution in [1.82, 2.24) is 10.2 Å². The monoisotopic (exact) mass is 466 g/mol. The Hall–Kier alpha value is -2.89. The minimum Gasteiger partial charge on any atom is -0.481 e. The molecule has 0 saturated heterocycles. The molecule has 2 aliphatic rings. The van der Waals surface area contributed by atoms with E-state index in [-0.39, 0.29) is 17.6 Å². The number of nitrogens with one attached hydrogen (secondary N) is 1. The fourth-order valence-electron chi connectivity index (χ4n) is 4.52. The molecule has 2 aromatic rings. The van der Waals surface area contributed by atoms with E-state index in [4.69, 9.17) is 4.74 Å². The molecule has 1 N–H and O–H groups in total. The smallest absolute Gasteiger partial charge is 0.261 e. The van der Waals surface area contributed by atoms with Crippen LogP contribution in [0.3, 0.4) is 0 Å². The van der Waals surface area contributed by atoms with Gasteiger partial charge in [-0.3, -0.25) is 9.59 Å². The fraction of sp³-hybridized carbons (Fsp3) is 0.500. The Kier molecular flexibility index (Phi) is 6.96. The largest absolute Gasteiger partial charge is 0.481 e. The van der Waals surface area contributed by atoms with Gasteiger partial charge in [0.2, 0.25) is 5.91 Å². The Morgan fingerprint density at radius 3 is 2.59 bits per heavy atom. The maximum Gasteiger partial charge on any atom is 0.261 e. The molecule has 2 atom stereocenters. The van der Waals surface area contributed by atoms with E-state index in [1.165, 1.54) is 25.0 Å². The lowest BCUT2D eigenvalue weighted by atomic mass is 9.85. The fourth-order valence-corrected chi connectivity index (χ4v) is 4.52. The van der Waals surface area contributed by atoms with Crippen LogP contribution in [0.1, 0.15) is 69.7 Å². The summed E-state index contributed by atoms with van der Waals surface area (Å²) in [6.07, 6.45) is 3.03. The van der Waals surface area contributed by atoms with E-state index in [2.05, 4.69) is 5.32 Å². The van der Waals surface area contributed by atoms with Crippen molar-refractivity contribution in [3.63, 3.8) is 0 Å². The molecule has 1 aliphatic heterocycles. The quantitative estimate of drug-likeness (QED) is 0.623. The topological polar surface area (TPSA) is 58.6 Å². The first-order valence-corrected chi connectivity index (χ1v) is 12.3. The molecule has 0 bridgehead atoms. The summed E-state index contributed by atoms with van der Waals surface area (Å²) >= 11 is 0. The third-order valence-corrected chi connectivity index (χ3v) is 6.62. The number of carbonyl (C=O) groups is 2. The van der Waals surface area contributed by atoms with E-state index in [1.54, 1.807) is 6.07 Å². The maximum absolute atomic E-state index is 14.2. The summed E-state index contributed by atoms with van der Waals surface area (Å²) in [7, 11) is 0. The Morgan fingerprint density at radius 1 is 1.18 bits per heavy atom. The van der Waals surface area contributed by atoms with Crippen molar-refractivity contribution in [2.45, 2.75) is 65.5 Å². The van der Waals surface area contributed by atoms with E-state index in [0.717, 1.165) is 16.7 Å². The number of hydrogen-bond acceptors (Lipinski definition) is 3. The van der Waals surface area contributed by atoms with Crippen LogP contribution in [0, 0.1) is 17.2 Å². The van der Waals surface area contributed by atoms with Crippen LogP contribution < -0.4 is 10.1 Å². The van der Waals surface area contributed by atoms with Gasteiger partial charge in [0.05, 0.1) is 6.04 Å². The minimum atomic E-state index is -0.583. The van der Waals surface area contributed by atoms with Gasteiger partial charge >= 0.3 is 0 Å². The summed E-state index contributed by atoms with van der Waals surface area (Å²) in [5.41, 5.74) is 2.18. The first kappa shape index (κ1) is 24.2. The van der Waals surface area contributed by atoms with Gasteiger partial charge in [-0.2, -0.15) is 0 Å². The number of amides is 2. The van der Waals surface area contributed by atoms with Crippen molar-refractivity contribution in [1.29, 1.82) is 0 Å². The lowest BCUT2D eigenvalue weighted by Crippen LogP contribution is -2.45. The van der Waals surface area contributed by atoms with E-state index in [1.807, 2.05) is 56.9 Å². The Labute approximate surface area is 201 Å². The molecular weight excluding hydrogens is 431 g/mol. The average molecular weight is 467 g/mol. The zero-order chi connectivity index (χ0) is 24.5. The van der Waals surface area contributed by atoms with Gasteiger partial charge in [0.15, 0.2) is 6.10 Å². The van der Waals surface area contributed by atoms with Crippen LogP contribution in [0.5, 0.6) is 5.75 Å². The molecule has 0 aromatic heterocycles. The van der Waals surface area contributed by atoms with Crippen LogP contribution in [-0.4, -0.2) is 35.9 Å². The van der Waals surface area contributed by atoms with Gasteiger partial charge in [-0.1, -0.05) is 45.9 Å². The van der Waals surface area contributed by atoms with Gasteiger partial charge in [0, 0.05) is 18.5 Å². The number of benzene rings is 2. The number of nitrogens with zero attached hydrogens (tertiary/aromatic N) is 1. The predicted molar refractivity (Wildman–Crippen MR) is 130 cm³/mol. The van der Waals surface area contributed by atoms with Crippen molar-refractivity contribution < 1.29 is 18.7 Å². The first-order chi connectivity index (χ1) is 16.2. The highest BCUT2D eigenvalue weighted by Crippen LogP contribution is 2.39. The number of carbonyl (C=O) groups excluding carboxylic acids is 2. The molecule has 0 unspecified atom stereocenters. The third-order valence-electron chi connectivity index (χ3n) is 6.62. The molecule has 1 aliphatic carbocycles. The van der Waals surface area contributed by atoms with Crippen molar-refractivity contribution in [2.75, 3.05) is 13.1 Å². The summed E-state index contributed by atoms with van der Waals surface area (Å²) in [4.78, 5) is 27.9. The van der Waals surface area contributed by atoms with Crippen molar-refractivity contribution in [3.8, 4) is 5.75 Å². The van der Waals surface area contributed by atoms with Crippen LogP contribution >= 0.6 is 0 Å². The lowest BCUT2D eigenvalue weighted by Gasteiger charge is -2.41.